The summed E-state index contributed by atoms with van der Waals surface area (Å²) in [5, 5.41) is 3.67. The zero-order valence-electron chi connectivity index (χ0n) is 10.0. The maximum absolute atomic E-state index is 6.18. The van der Waals surface area contributed by atoms with Crippen LogP contribution in [0.2, 0.25) is 5.02 Å². The Morgan fingerprint density at radius 1 is 1.05 bits per heavy atom. The molecule has 2 N–H and O–H groups in total. The Morgan fingerprint density at radius 2 is 1.89 bits per heavy atom. The highest BCUT2D eigenvalue weighted by atomic mass is 35.5. The van der Waals surface area contributed by atoms with Gasteiger partial charge in [-0.25, -0.2) is 4.98 Å². The Balaban J connectivity index is 2.03. The number of nitrogens with two attached hydrogens (primary N) is 1. The number of nitrogen functional groups attached to an aromatic ring is 1. The van der Waals surface area contributed by atoms with Crippen LogP contribution in [0.15, 0.2) is 53.9 Å². The number of rotatable bonds is 2. The van der Waals surface area contributed by atoms with E-state index in [9.17, 15) is 0 Å². The number of nitrogens with zero attached hydrogens (tertiary/aromatic N) is 1. The van der Waals surface area contributed by atoms with Gasteiger partial charge in [-0.2, -0.15) is 0 Å². The van der Waals surface area contributed by atoms with Gasteiger partial charge in [-0.1, -0.05) is 41.9 Å². The second-order valence-corrected chi connectivity index (χ2v) is 5.41. The van der Waals surface area contributed by atoms with Gasteiger partial charge in [-0.3, -0.25) is 0 Å². The molecule has 0 aliphatic rings. The van der Waals surface area contributed by atoms with Crippen LogP contribution in [0.4, 0.5) is 5.69 Å². The number of hydrogen-bond donors (Lipinski definition) is 1. The van der Waals surface area contributed by atoms with Crippen LogP contribution in [-0.2, 0) is 0 Å². The van der Waals surface area contributed by atoms with E-state index in [0.717, 1.165) is 27.5 Å². The Morgan fingerprint density at radius 3 is 2.68 bits per heavy atom. The van der Waals surface area contributed by atoms with E-state index in [-0.39, 0.29) is 0 Å². The van der Waals surface area contributed by atoms with E-state index in [0.29, 0.717) is 5.02 Å². The first-order valence-corrected chi connectivity index (χ1v) is 7.06. The Kier molecular flexibility index (Phi) is 3.23. The molecule has 0 atom stereocenters. The van der Waals surface area contributed by atoms with Gasteiger partial charge < -0.3 is 5.73 Å². The van der Waals surface area contributed by atoms with E-state index in [1.807, 2.05) is 53.9 Å². The van der Waals surface area contributed by atoms with E-state index in [1.54, 1.807) is 11.3 Å². The number of aromatic nitrogens is 1. The quantitative estimate of drug-likeness (QED) is 0.693. The predicted octanol–water partition coefficient (Wildman–Crippen LogP) is 4.71. The molecule has 2 aromatic carbocycles. The highest BCUT2D eigenvalue weighted by Gasteiger charge is 2.09. The van der Waals surface area contributed by atoms with Crippen molar-refractivity contribution in [2.24, 2.45) is 0 Å². The zero-order valence-corrected chi connectivity index (χ0v) is 11.6. The van der Waals surface area contributed by atoms with Crippen LogP contribution in [0.25, 0.3) is 21.8 Å². The molecule has 0 fully saturated rings. The van der Waals surface area contributed by atoms with Crippen LogP contribution in [0, 0.1) is 0 Å². The van der Waals surface area contributed by atoms with Crippen molar-refractivity contribution in [2.75, 3.05) is 5.73 Å². The number of thiazole rings is 1. The number of halogens is 1. The fourth-order valence-electron chi connectivity index (χ4n) is 1.87. The minimum absolute atomic E-state index is 0.715. The van der Waals surface area contributed by atoms with Crippen molar-refractivity contribution in [2.45, 2.75) is 0 Å². The smallest absolute Gasteiger partial charge is 0.124 e. The molecule has 3 rings (SSSR count). The topological polar surface area (TPSA) is 38.9 Å². The molecule has 1 aromatic heterocycles. The summed E-state index contributed by atoms with van der Waals surface area (Å²) in [6, 6.07) is 15.4. The second-order valence-electron chi connectivity index (χ2n) is 4.14. The van der Waals surface area contributed by atoms with Crippen LogP contribution in [-0.4, -0.2) is 4.98 Å². The van der Waals surface area contributed by atoms with Gasteiger partial charge in [0.15, 0.2) is 0 Å². The lowest BCUT2D eigenvalue weighted by atomic mass is 10.2. The van der Waals surface area contributed by atoms with Gasteiger partial charge >= 0.3 is 0 Å². The van der Waals surface area contributed by atoms with Gasteiger partial charge in [0.1, 0.15) is 5.01 Å². The third kappa shape index (κ3) is 2.48. The van der Waals surface area contributed by atoms with E-state index in [4.69, 9.17) is 17.3 Å². The summed E-state index contributed by atoms with van der Waals surface area (Å²) in [6.07, 6.45) is 0. The third-order valence-corrected chi connectivity index (χ3v) is 4.01. The third-order valence-electron chi connectivity index (χ3n) is 2.79. The summed E-state index contributed by atoms with van der Waals surface area (Å²) in [5.41, 5.74) is 9.42. The summed E-state index contributed by atoms with van der Waals surface area (Å²) < 4.78 is 0. The Bertz CT molecular complexity index is 721. The largest absolute Gasteiger partial charge is 0.399 e. The number of hydrogen-bond acceptors (Lipinski definition) is 3. The normalized spacial score (nSPS) is 10.6. The molecule has 0 spiro atoms. The zero-order chi connectivity index (χ0) is 13.2. The lowest BCUT2D eigenvalue weighted by molar-refractivity contribution is 1.40. The number of anilines is 1. The lowest BCUT2D eigenvalue weighted by Crippen LogP contribution is -1.85. The summed E-state index contributed by atoms with van der Waals surface area (Å²) in [5.74, 6) is 0. The monoisotopic (exact) mass is 286 g/mol. The van der Waals surface area contributed by atoms with Gasteiger partial charge in [0.25, 0.3) is 0 Å². The van der Waals surface area contributed by atoms with Crippen LogP contribution in [0.1, 0.15) is 0 Å². The molecular formula is C15H11ClN2S. The van der Waals surface area contributed by atoms with Crippen LogP contribution < -0.4 is 5.73 Å². The fraction of sp³-hybridized carbons (Fsp3) is 0. The first-order chi connectivity index (χ1) is 9.24. The van der Waals surface area contributed by atoms with Crippen molar-refractivity contribution in [3.05, 3.63) is 58.9 Å². The molecule has 1 heterocycles. The van der Waals surface area contributed by atoms with E-state index in [1.165, 1.54) is 0 Å². The van der Waals surface area contributed by atoms with Crippen molar-refractivity contribution in [3.63, 3.8) is 0 Å². The standard InChI is InChI=1S/C15H11ClN2S/c16-13-7-2-1-6-12(13)14-9-19-15(18-14)10-4-3-5-11(17)8-10/h1-9H,17H2. The number of benzene rings is 2. The van der Waals surface area contributed by atoms with Crippen molar-refractivity contribution < 1.29 is 0 Å². The molecule has 4 heteroatoms. The Hall–Kier alpha value is -1.84. The summed E-state index contributed by atoms with van der Waals surface area (Å²) >= 11 is 7.77. The van der Waals surface area contributed by atoms with Crippen molar-refractivity contribution in [1.82, 2.24) is 4.98 Å². The summed E-state index contributed by atoms with van der Waals surface area (Å²) in [6.45, 7) is 0. The average molecular weight is 287 g/mol. The molecule has 0 unspecified atom stereocenters. The summed E-state index contributed by atoms with van der Waals surface area (Å²) in [7, 11) is 0. The molecule has 3 aromatic rings. The van der Waals surface area contributed by atoms with Crippen molar-refractivity contribution in [3.8, 4) is 21.8 Å². The minimum atomic E-state index is 0.715. The van der Waals surface area contributed by atoms with Crippen LogP contribution in [0.3, 0.4) is 0 Å². The first kappa shape index (κ1) is 12.2. The van der Waals surface area contributed by atoms with Crippen LogP contribution in [0.5, 0.6) is 0 Å². The van der Waals surface area contributed by atoms with E-state index < -0.39 is 0 Å². The van der Waals surface area contributed by atoms with Gasteiger partial charge in [0.2, 0.25) is 0 Å². The molecular weight excluding hydrogens is 276 g/mol. The van der Waals surface area contributed by atoms with Crippen LogP contribution >= 0.6 is 22.9 Å². The minimum Gasteiger partial charge on any atom is -0.399 e. The SMILES string of the molecule is Nc1cccc(-c2nc(-c3ccccc3Cl)cs2)c1. The fourth-order valence-corrected chi connectivity index (χ4v) is 2.92. The Labute approximate surface area is 120 Å². The lowest BCUT2D eigenvalue weighted by Gasteiger charge is -2.00. The molecule has 0 aliphatic heterocycles. The van der Waals surface area contributed by atoms with Gasteiger partial charge in [0.05, 0.1) is 5.69 Å². The van der Waals surface area contributed by atoms with Gasteiger partial charge in [0, 0.05) is 27.2 Å². The molecule has 0 amide bonds. The summed E-state index contributed by atoms with van der Waals surface area (Å²) in [4.78, 5) is 4.63. The van der Waals surface area contributed by atoms with Crippen molar-refractivity contribution in [1.29, 1.82) is 0 Å². The first-order valence-electron chi connectivity index (χ1n) is 5.80. The molecule has 2 nitrogen and oxygen atoms in total. The molecule has 0 radical (unpaired) electrons. The second kappa shape index (κ2) is 5.03. The maximum Gasteiger partial charge on any atom is 0.124 e. The predicted molar refractivity (Wildman–Crippen MR) is 82.4 cm³/mol. The van der Waals surface area contributed by atoms with E-state index in [2.05, 4.69) is 4.98 Å². The molecule has 0 saturated carbocycles. The molecule has 19 heavy (non-hydrogen) atoms. The highest BCUT2D eigenvalue weighted by molar-refractivity contribution is 7.13. The molecule has 94 valence electrons. The van der Waals surface area contributed by atoms with Gasteiger partial charge in [-0.15, -0.1) is 11.3 Å². The molecule has 0 saturated heterocycles. The van der Waals surface area contributed by atoms with Crippen molar-refractivity contribution >= 4 is 28.6 Å². The molecule has 0 bridgehead atoms. The molecule has 0 aliphatic carbocycles. The van der Waals surface area contributed by atoms with Gasteiger partial charge in [-0.05, 0) is 18.2 Å². The average Bonchev–Trinajstić information content (AvgIpc) is 2.89. The highest BCUT2D eigenvalue weighted by Crippen LogP contribution is 2.32. The van der Waals surface area contributed by atoms with E-state index >= 15 is 0 Å². The maximum atomic E-state index is 6.18.